The topological polar surface area (TPSA) is 103 Å². The summed E-state index contributed by atoms with van der Waals surface area (Å²) < 4.78 is 25.5. The number of hydrogen-bond acceptors (Lipinski definition) is 6. The molecule has 2 aromatic rings. The van der Waals surface area contributed by atoms with E-state index in [1.807, 2.05) is 13.0 Å². The van der Waals surface area contributed by atoms with Gasteiger partial charge in [0.15, 0.2) is 24.2 Å². The number of aromatic nitrogens is 2. The minimum atomic E-state index is -0.895. The first kappa shape index (κ1) is 17.2. The van der Waals surface area contributed by atoms with E-state index in [0.29, 0.717) is 5.56 Å². The summed E-state index contributed by atoms with van der Waals surface area (Å²) in [6.07, 6.45) is -0.886. The number of hydrogen-bond donors (Lipinski definition) is 2. The number of carbonyl (C=O) groups is 1. The van der Waals surface area contributed by atoms with Crippen molar-refractivity contribution in [1.82, 2.24) is 9.55 Å². The maximum atomic E-state index is 14.2. The summed E-state index contributed by atoms with van der Waals surface area (Å²) in [5.74, 6) is -1.94. The second-order valence-corrected chi connectivity index (χ2v) is 5.49. The van der Waals surface area contributed by atoms with Gasteiger partial charge in [-0.05, 0) is 19.1 Å². The Morgan fingerprint density at radius 1 is 1.52 bits per heavy atom. The van der Waals surface area contributed by atoms with Gasteiger partial charge in [0.25, 0.3) is 5.91 Å². The molecule has 0 radical (unpaired) electrons. The maximum Gasteiger partial charge on any atom is 0.351 e. The van der Waals surface area contributed by atoms with E-state index in [2.05, 4.69) is 10.3 Å². The molecule has 1 aromatic carbocycles. The average Bonchev–Trinajstić information content (AvgIpc) is 3.06. The summed E-state index contributed by atoms with van der Waals surface area (Å²) in [5.41, 5.74) is 0.380. The second-order valence-electron chi connectivity index (χ2n) is 5.49. The average molecular weight is 349 g/mol. The van der Waals surface area contributed by atoms with Gasteiger partial charge in [-0.2, -0.15) is 4.98 Å². The Labute approximate surface area is 141 Å². The molecule has 1 aliphatic heterocycles. The van der Waals surface area contributed by atoms with Crippen molar-refractivity contribution in [2.24, 2.45) is 0 Å². The van der Waals surface area contributed by atoms with Crippen LogP contribution in [-0.2, 0) is 9.47 Å². The Balaban J connectivity index is 1.81. The summed E-state index contributed by atoms with van der Waals surface area (Å²) in [6, 6.07) is 6.72. The van der Waals surface area contributed by atoms with Gasteiger partial charge in [-0.1, -0.05) is 17.7 Å². The van der Waals surface area contributed by atoms with Crippen molar-refractivity contribution in [3.05, 3.63) is 57.9 Å². The third-order valence-electron chi connectivity index (χ3n) is 3.61. The van der Waals surface area contributed by atoms with Crippen LogP contribution in [0.2, 0.25) is 0 Å². The minimum absolute atomic E-state index is 0.0265. The number of carbonyl (C=O) groups excluding carboxylic acids is 1. The van der Waals surface area contributed by atoms with E-state index in [0.717, 1.165) is 16.3 Å². The van der Waals surface area contributed by atoms with Crippen LogP contribution in [-0.4, -0.2) is 40.1 Å². The summed E-state index contributed by atoms with van der Waals surface area (Å²) >= 11 is 0. The summed E-state index contributed by atoms with van der Waals surface area (Å²) in [7, 11) is 0. The fourth-order valence-corrected chi connectivity index (χ4v) is 2.39. The molecule has 25 heavy (non-hydrogen) atoms. The molecule has 1 aromatic heterocycles. The zero-order chi connectivity index (χ0) is 18.0. The van der Waals surface area contributed by atoms with Crippen LogP contribution < -0.4 is 11.0 Å². The Morgan fingerprint density at radius 2 is 2.32 bits per heavy atom. The lowest BCUT2D eigenvalue weighted by atomic mass is 10.1. The number of aliphatic hydroxyl groups excluding tert-OH is 1. The third kappa shape index (κ3) is 3.73. The van der Waals surface area contributed by atoms with Gasteiger partial charge in [0.1, 0.15) is 0 Å². The van der Waals surface area contributed by atoms with Crippen LogP contribution in [0.3, 0.4) is 0 Å². The first-order valence-electron chi connectivity index (χ1n) is 7.52. The van der Waals surface area contributed by atoms with Crippen LogP contribution in [0.15, 0.2) is 35.3 Å². The molecule has 132 valence electrons. The molecule has 1 amide bonds. The van der Waals surface area contributed by atoms with Crippen molar-refractivity contribution in [3.8, 4) is 0 Å². The second kappa shape index (κ2) is 7.09. The molecule has 2 atom stereocenters. The van der Waals surface area contributed by atoms with E-state index in [4.69, 9.17) is 14.6 Å². The molecule has 0 saturated carbocycles. The fraction of sp³-hybridized carbons (Fsp3) is 0.312. The molecule has 0 unspecified atom stereocenters. The summed E-state index contributed by atoms with van der Waals surface area (Å²) in [6.45, 7) is 1.41. The van der Waals surface area contributed by atoms with Crippen molar-refractivity contribution in [2.75, 3.05) is 18.5 Å². The number of nitrogens with one attached hydrogen (secondary N) is 1. The van der Waals surface area contributed by atoms with Crippen LogP contribution in [0.4, 0.5) is 10.2 Å². The van der Waals surface area contributed by atoms with Crippen molar-refractivity contribution in [2.45, 2.75) is 19.4 Å². The van der Waals surface area contributed by atoms with E-state index in [1.165, 1.54) is 0 Å². The molecule has 2 heterocycles. The molecule has 1 fully saturated rings. The van der Waals surface area contributed by atoms with Gasteiger partial charge < -0.3 is 19.9 Å². The van der Waals surface area contributed by atoms with E-state index in [-0.39, 0.29) is 13.2 Å². The molecule has 2 N–H and O–H groups in total. The standard InChI is InChI=1S/C16H16FN3O5/c1-9-3-2-4-10(5-9)15(22)18-14-11(17)6-20(16(23)19-14)12-8-24-13(7-21)25-12/h2-6,12-13,21H,7-8H2,1H3,(H,18,19,22,23)/t12-,13-/m1/s1. The molecule has 1 aliphatic rings. The van der Waals surface area contributed by atoms with Gasteiger partial charge >= 0.3 is 5.69 Å². The van der Waals surface area contributed by atoms with Gasteiger partial charge in [-0.15, -0.1) is 0 Å². The predicted octanol–water partition coefficient (Wildman–Crippen LogP) is 0.807. The highest BCUT2D eigenvalue weighted by Crippen LogP contribution is 2.20. The molecule has 0 aliphatic carbocycles. The molecule has 1 saturated heterocycles. The number of aliphatic hydroxyl groups is 1. The lowest BCUT2D eigenvalue weighted by Gasteiger charge is -2.13. The SMILES string of the molecule is Cc1cccc(C(=O)Nc2nc(=O)n([C@H]3CO[C@@H](CO)O3)cc2F)c1. The smallest absolute Gasteiger partial charge is 0.351 e. The Hall–Kier alpha value is -2.62. The van der Waals surface area contributed by atoms with Gasteiger partial charge in [0, 0.05) is 5.56 Å². The lowest BCUT2D eigenvalue weighted by Crippen LogP contribution is -2.30. The highest BCUT2D eigenvalue weighted by molar-refractivity contribution is 6.03. The number of rotatable bonds is 4. The Kier molecular flexibility index (Phi) is 4.88. The number of aryl methyl sites for hydroxylation is 1. The molecule has 3 rings (SSSR count). The first-order chi connectivity index (χ1) is 12.0. The molecular formula is C16H16FN3O5. The number of nitrogens with zero attached hydrogens (tertiary/aromatic N) is 2. The number of benzene rings is 1. The lowest BCUT2D eigenvalue weighted by molar-refractivity contribution is -0.0993. The van der Waals surface area contributed by atoms with E-state index in [1.54, 1.807) is 18.2 Å². The van der Waals surface area contributed by atoms with Crippen LogP contribution in [0.5, 0.6) is 0 Å². The third-order valence-corrected chi connectivity index (χ3v) is 3.61. The van der Waals surface area contributed by atoms with Crippen molar-refractivity contribution in [3.63, 3.8) is 0 Å². The largest absolute Gasteiger partial charge is 0.391 e. The zero-order valence-electron chi connectivity index (χ0n) is 13.3. The molecule has 9 heteroatoms. The predicted molar refractivity (Wildman–Crippen MR) is 84.5 cm³/mol. The summed E-state index contributed by atoms with van der Waals surface area (Å²) in [4.78, 5) is 27.8. The minimum Gasteiger partial charge on any atom is -0.391 e. The van der Waals surface area contributed by atoms with E-state index in [9.17, 15) is 14.0 Å². The van der Waals surface area contributed by atoms with Crippen LogP contribution in [0.25, 0.3) is 0 Å². The molecule has 0 bridgehead atoms. The highest BCUT2D eigenvalue weighted by Gasteiger charge is 2.28. The number of halogens is 1. The normalized spacial score (nSPS) is 19.8. The number of anilines is 1. The highest BCUT2D eigenvalue weighted by atomic mass is 19.1. The van der Waals surface area contributed by atoms with E-state index >= 15 is 0 Å². The van der Waals surface area contributed by atoms with Gasteiger partial charge in [-0.25, -0.2) is 9.18 Å². The van der Waals surface area contributed by atoms with Crippen LogP contribution in [0.1, 0.15) is 22.1 Å². The maximum absolute atomic E-state index is 14.2. The Bertz CT molecular complexity index is 854. The summed E-state index contributed by atoms with van der Waals surface area (Å²) in [5, 5.41) is 11.2. The molecule has 8 nitrogen and oxygen atoms in total. The van der Waals surface area contributed by atoms with Crippen molar-refractivity contribution in [1.29, 1.82) is 0 Å². The van der Waals surface area contributed by atoms with E-state index < -0.39 is 35.7 Å². The van der Waals surface area contributed by atoms with Crippen molar-refractivity contribution >= 4 is 11.7 Å². The van der Waals surface area contributed by atoms with Crippen LogP contribution >= 0.6 is 0 Å². The zero-order valence-corrected chi connectivity index (χ0v) is 13.3. The number of amides is 1. The number of ether oxygens (including phenoxy) is 2. The van der Waals surface area contributed by atoms with Gasteiger partial charge in [0.05, 0.1) is 19.4 Å². The molecular weight excluding hydrogens is 333 g/mol. The quantitative estimate of drug-likeness (QED) is 0.847. The molecule has 0 spiro atoms. The monoisotopic (exact) mass is 349 g/mol. The first-order valence-corrected chi connectivity index (χ1v) is 7.52. The van der Waals surface area contributed by atoms with Gasteiger partial charge in [-0.3, -0.25) is 9.36 Å². The van der Waals surface area contributed by atoms with Crippen LogP contribution in [0, 0.1) is 12.7 Å². The fourth-order valence-electron chi connectivity index (χ4n) is 2.39. The van der Waals surface area contributed by atoms with Gasteiger partial charge in [0.2, 0.25) is 0 Å². The Morgan fingerprint density at radius 3 is 3.00 bits per heavy atom. The van der Waals surface area contributed by atoms with Crippen molar-refractivity contribution < 1.29 is 23.8 Å².